The molecule has 0 aliphatic heterocycles. The summed E-state index contributed by atoms with van der Waals surface area (Å²) in [7, 11) is 1.57. The number of carbonyl (C=O) groups is 2. The van der Waals surface area contributed by atoms with Gasteiger partial charge in [-0.05, 0) is 31.2 Å². The summed E-state index contributed by atoms with van der Waals surface area (Å²) in [6.07, 6.45) is 1.37. The number of benzene rings is 1. The molecule has 0 aliphatic rings. The number of hydrogen-bond donors (Lipinski definition) is 1. The number of nitrogens with one attached hydrogen (secondary N) is 1. The highest BCUT2D eigenvalue weighted by Crippen LogP contribution is 2.14. The van der Waals surface area contributed by atoms with Crippen molar-refractivity contribution >= 4 is 17.6 Å². The molecule has 0 bridgehead atoms. The maximum atomic E-state index is 11.9. The maximum absolute atomic E-state index is 11.9. The number of aromatic nitrogens is 3. The van der Waals surface area contributed by atoms with Crippen molar-refractivity contribution in [3.05, 3.63) is 36.2 Å². The Hall–Kier alpha value is -2.90. The molecule has 0 aliphatic carbocycles. The van der Waals surface area contributed by atoms with Gasteiger partial charge in [-0.2, -0.15) is 0 Å². The lowest BCUT2D eigenvalue weighted by atomic mass is 10.3. The van der Waals surface area contributed by atoms with Gasteiger partial charge >= 0.3 is 5.97 Å². The van der Waals surface area contributed by atoms with Crippen LogP contribution >= 0.6 is 0 Å². The van der Waals surface area contributed by atoms with Crippen molar-refractivity contribution in [2.45, 2.75) is 13.5 Å². The van der Waals surface area contributed by atoms with Crippen LogP contribution in [0.1, 0.15) is 17.4 Å². The summed E-state index contributed by atoms with van der Waals surface area (Å²) in [5.41, 5.74) is 0.704. The SMILES string of the molecule is CCOC(=O)c1cn(CC(=O)Nc2ccc(OC)cc2)nn1. The van der Waals surface area contributed by atoms with Gasteiger partial charge in [0.2, 0.25) is 5.91 Å². The Labute approximate surface area is 127 Å². The van der Waals surface area contributed by atoms with Gasteiger partial charge < -0.3 is 14.8 Å². The first-order chi connectivity index (χ1) is 10.6. The van der Waals surface area contributed by atoms with E-state index in [9.17, 15) is 9.59 Å². The topological polar surface area (TPSA) is 95.3 Å². The quantitative estimate of drug-likeness (QED) is 0.803. The molecule has 1 aromatic heterocycles. The Morgan fingerprint density at radius 1 is 1.27 bits per heavy atom. The molecule has 22 heavy (non-hydrogen) atoms. The molecule has 1 heterocycles. The summed E-state index contributed by atoms with van der Waals surface area (Å²) in [6.45, 7) is 1.90. The number of amides is 1. The van der Waals surface area contributed by atoms with Crippen LogP contribution in [0.2, 0.25) is 0 Å². The molecule has 0 saturated carbocycles. The monoisotopic (exact) mass is 304 g/mol. The fourth-order valence-corrected chi connectivity index (χ4v) is 1.70. The van der Waals surface area contributed by atoms with E-state index in [0.717, 1.165) is 0 Å². The number of anilines is 1. The number of esters is 1. The Balaban J connectivity index is 1.92. The first kappa shape index (κ1) is 15.5. The highest BCUT2D eigenvalue weighted by atomic mass is 16.5. The summed E-state index contributed by atoms with van der Waals surface area (Å²) >= 11 is 0. The number of ether oxygens (including phenoxy) is 2. The molecule has 8 heteroatoms. The summed E-state index contributed by atoms with van der Waals surface area (Å²) in [5, 5.41) is 10.1. The second-order valence-electron chi connectivity index (χ2n) is 4.30. The Morgan fingerprint density at radius 2 is 2.00 bits per heavy atom. The molecule has 1 aromatic carbocycles. The first-order valence-corrected chi connectivity index (χ1v) is 6.63. The van der Waals surface area contributed by atoms with E-state index in [2.05, 4.69) is 15.6 Å². The van der Waals surface area contributed by atoms with Crippen LogP contribution in [0.15, 0.2) is 30.5 Å². The average Bonchev–Trinajstić information content (AvgIpc) is 2.96. The summed E-state index contributed by atoms with van der Waals surface area (Å²) < 4.78 is 11.1. The number of rotatable bonds is 6. The van der Waals surface area contributed by atoms with Gasteiger partial charge in [-0.1, -0.05) is 5.21 Å². The molecule has 0 saturated heterocycles. The summed E-state index contributed by atoms with van der Waals surface area (Å²) in [4.78, 5) is 23.3. The van der Waals surface area contributed by atoms with Gasteiger partial charge in [0, 0.05) is 5.69 Å². The summed E-state index contributed by atoms with van der Waals surface area (Å²) in [6, 6.07) is 6.93. The fourth-order valence-electron chi connectivity index (χ4n) is 1.70. The van der Waals surface area contributed by atoms with Crippen molar-refractivity contribution in [2.24, 2.45) is 0 Å². The van der Waals surface area contributed by atoms with Crippen LogP contribution in [0.4, 0.5) is 5.69 Å². The van der Waals surface area contributed by atoms with Crippen molar-refractivity contribution in [1.82, 2.24) is 15.0 Å². The molecule has 116 valence electrons. The smallest absolute Gasteiger partial charge is 0.360 e. The van der Waals surface area contributed by atoms with Gasteiger partial charge in [0.25, 0.3) is 0 Å². The fraction of sp³-hybridized carbons (Fsp3) is 0.286. The zero-order valence-corrected chi connectivity index (χ0v) is 12.3. The molecule has 0 radical (unpaired) electrons. The minimum absolute atomic E-state index is 0.0571. The Morgan fingerprint density at radius 3 is 2.64 bits per heavy atom. The van der Waals surface area contributed by atoms with Crippen molar-refractivity contribution < 1.29 is 19.1 Å². The Bertz CT molecular complexity index is 651. The normalized spacial score (nSPS) is 10.1. The zero-order chi connectivity index (χ0) is 15.9. The summed E-state index contributed by atoms with van der Waals surface area (Å²) in [5.74, 6) is -0.150. The van der Waals surface area contributed by atoms with Gasteiger partial charge in [0.05, 0.1) is 19.9 Å². The van der Waals surface area contributed by atoms with Crippen molar-refractivity contribution in [2.75, 3.05) is 19.0 Å². The van der Waals surface area contributed by atoms with Gasteiger partial charge in [-0.25, -0.2) is 9.48 Å². The third-order valence-corrected chi connectivity index (χ3v) is 2.70. The van der Waals surface area contributed by atoms with Gasteiger partial charge in [-0.15, -0.1) is 5.10 Å². The minimum Gasteiger partial charge on any atom is -0.497 e. The van der Waals surface area contributed by atoms with Crippen LogP contribution in [-0.4, -0.2) is 40.6 Å². The minimum atomic E-state index is -0.565. The second-order valence-corrected chi connectivity index (χ2v) is 4.30. The highest BCUT2D eigenvalue weighted by molar-refractivity contribution is 5.91. The molecule has 1 N–H and O–H groups in total. The lowest BCUT2D eigenvalue weighted by molar-refractivity contribution is -0.116. The standard InChI is InChI=1S/C14H16N4O4/c1-3-22-14(20)12-8-18(17-16-12)9-13(19)15-10-4-6-11(21-2)7-5-10/h4-8H,3,9H2,1-2H3,(H,15,19). The second kappa shape index (κ2) is 7.21. The number of carbonyl (C=O) groups excluding carboxylic acids is 2. The lowest BCUT2D eigenvalue weighted by Gasteiger charge is -2.06. The molecule has 2 aromatic rings. The molecular formula is C14H16N4O4. The first-order valence-electron chi connectivity index (χ1n) is 6.63. The molecular weight excluding hydrogens is 288 g/mol. The van der Waals surface area contributed by atoms with Crippen LogP contribution < -0.4 is 10.1 Å². The van der Waals surface area contributed by atoms with E-state index >= 15 is 0 Å². The predicted octanol–water partition coefficient (Wildman–Crippen LogP) is 1.10. The largest absolute Gasteiger partial charge is 0.497 e. The average molecular weight is 304 g/mol. The van der Waals surface area contributed by atoms with Crippen LogP contribution in [0, 0.1) is 0 Å². The van der Waals surface area contributed by atoms with Gasteiger partial charge in [0.1, 0.15) is 12.3 Å². The molecule has 0 unspecified atom stereocenters. The molecule has 2 rings (SSSR count). The molecule has 0 fully saturated rings. The van der Waals surface area contributed by atoms with Crippen molar-refractivity contribution in [3.63, 3.8) is 0 Å². The molecule has 8 nitrogen and oxygen atoms in total. The van der Waals surface area contributed by atoms with E-state index in [1.807, 2.05) is 0 Å². The van der Waals surface area contributed by atoms with Crippen LogP contribution in [-0.2, 0) is 16.1 Å². The van der Waals surface area contributed by atoms with E-state index < -0.39 is 5.97 Å². The van der Waals surface area contributed by atoms with E-state index in [1.165, 1.54) is 10.9 Å². The third kappa shape index (κ3) is 4.05. The zero-order valence-electron chi connectivity index (χ0n) is 12.3. The Kier molecular flexibility index (Phi) is 5.07. The van der Waals surface area contributed by atoms with E-state index in [1.54, 1.807) is 38.3 Å². The van der Waals surface area contributed by atoms with E-state index in [-0.39, 0.29) is 24.8 Å². The third-order valence-electron chi connectivity index (χ3n) is 2.70. The van der Waals surface area contributed by atoms with Crippen LogP contribution in [0.25, 0.3) is 0 Å². The van der Waals surface area contributed by atoms with E-state index in [4.69, 9.17) is 9.47 Å². The number of methoxy groups -OCH3 is 1. The number of hydrogen-bond acceptors (Lipinski definition) is 6. The molecule has 0 atom stereocenters. The van der Waals surface area contributed by atoms with E-state index in [0.29, 0.717) is 11.4 Å². The van der Waals surface area contributed by atoms with Crippen LogP contribution in [0.3, 0.4) is 0 Å². The molecule has 0 spiro atoms. The predicted molar refractivity (Wildman–Crippen MR) is 77.6 cm³/mol. The number of nitrogens with zero attached hydrogens (tertiary/aromatic N) is 3. The van der Waals surface area contributed by atoms with Crippen molar-refractivity contribution in [3.8, 4) is 5.75 Å². The lowest BCUT2D eigenvalue weighted by Crippen LogP contribution is -2.19. The maximum Gasteiger partial charge on any atom is 0.360 e. The van der Waals surface area contributed by atoms with Crippen molar-refractivity contribution in [1.29, 1.82) is 0 Å². The highest BCUT2D eigenvalue weighted by Gasteiger charge is 2.13. The van der Waals surface area contributed by atoms with Crippen LogP contribution in [0.5, 0.6) is 5.75 Å². The van der Waals surface area contributed by atoms with Gasteiger partial charge in [0.15, 0.2) is 5.69 Å². The molecule has 1 amide bonds. The van der Waals surface area contributed by atoms with Gasteiger partial charge in [-0.3, -0.25) is 4.79 Å².